The third-order valence-corrected chi connectivity index (χ3v) is 4.00. The number of para-hydroxylation sites is 1. The monoisotopic (exact) mass is 281 g/mol. The molecule has 0 radical (unpaired) electrons. The van der Waals surface area contributed by atoms with Gasteiger partial charge in [-0.25, -0.2) is 4.98 Å². The first kappa shape index (κ1) is 13.9. The number of pyridine rings is 1. The van der Waals surface area contributed by atoms with Gasteiger partial charge in [0.15, 0.2) is 0 Å². The van der Waals surface area contributed by atoms with Crippen LogP contribution in [0.25, 0.3) is 0 Å². The average molecular weight is 281 g/mol. The Morgan fingerprint density at radius 2 is 2.10 bits per heavy atom. The van der Waals surface area contributed by atoms with E-state index in [1.165, 1.54) is 29.7 Å². The normalized spacial score (nSPS) is 13.9. The zero-order valence-electron chi connectivity index (χ0n) is 12.7. The zero-order chi connectivity index (χ0) is 14.5. The molecule has 1 aromatic carbocycles. The summed E-state index contributed by atoms with van der Waals surface area (Å²) in [7, 11) is 0. The van der Waals surface area contributed by atoms with Crippen LogP contribution in [0.5, 0.6) is 0 Å². The van der Waals surface area contributed by atoms with Gasteiger partial charge < -0.3 is 10.2 Å². The number of aryl methyl sites for hydroxylation is 1. The molecule has 3 nitrogen and oxygen atoms in total. The molecule has 3 rings (SSSR count). The highest BCUT2D eigenvalue weighted by molar-refractivity contribution is 5.57. The average Bonchev–Trinajstić information content (AvgIpc) is 2.54. The van der Waals surface area contributed by atoms with E-state index in [-0.39, 0.29) is 0 Å². The lowest BCUT2D eigenvalue weighted by molar-refractivity contribution is 0.690. The van der Waals surface area contributed by atoms with Crippen molar-refractivity contribution in [2.75, 3.05) is 23.3 Å². The van der Waals surface area contributed by atoms with E-state index in [0.29, 0.717) is 0 Å². The molecule has 1 aromatic heterocycles. The van der Waals surface area contributed by atoms with Crippen molar-refractivity contribution in [2.24, 2.45) is 0 Å². The van der Waals surface area contributed by atoms with Gasteiger partial charge in [0.05, 0.1) is 0 Å². The van der Waals surface area contributed by atoms with Crippen LogP contribution in [0, 0.1) is 0 Å². The van der Waals surface area contributed by atoms with Crippen LogP contribution in [0.2, 0.25) is 0 Å². The predicted molar refractivity (Wildman–Crippen MR) is 88.8 cm³/mol. The van der Waals surface area contributed by atoms with Crippen LogP contribution in [0.15, 0.2) is 42.6 Å². The van der Waals surface area contributed by atoms with Crippen LogP contribution in [0.4, 0.5) is 11.5 Å². The van der Waals surface area contributed by atoms with Gasteiger partial charge in [-0.1, -0.05) is 31.2 Å². The third kappa shape index (κ3) is 3.18. The smallest absolute Gasteiger partial charge is 0.130 e. The summed E-state index contributed by atoms with van der Waals surface area (Å²) in [6, 6.07) is 13.0. The number of hydrogen-bond acceptors (Lipinski definition) is 3. The summed E-state index contributed by atoms with van der Waals surface area (Å²) < 4.78 is 0. The van der Waals surface area contributed by atoms with Crippen LogP contribution >= 0.6 is 0 Å². The summed E-state index contributed by atoms with van der Waals surface area (Å²) in [6.07, 6.45) is 5.41. The first-order chi connectivity index (χ1) is 10.4. The highest BCUT2D eigenvalue weighted by Crippen LogP contribution is 2.29. The molecular formula is C18H23N3. The Bertz CT molecular complexity index is 595. The zero-order valence-corrected chi connectivity index (χ0v) is 12.7. The van der Waals surface area contributed by atoms with Crippen LogP contribution < -0.4 is 10.2 Å². The topological polar surface area (TPSA) is 28.2 Å². The van der Waals surface area contributed by atoms with Crippen molar-refractivity contribution < 1.29 is 0 Å². The van der Waals surface area contributed by atoms with Crippen molar-refractivity contribution in [3.05, 3.63) is 53.7 Å². The van der Waals surface area contributed by atoms with Crippen LogP contribution in [0.3, 0.4) is 0 Å². The minimum absolute atomic E-state index is 0.927. The van der Waals surface area contributed by atoms with Crippen LogP contribution in [-0.2, 0) is 13.0 Å². The van der Waals surface area contributed by atoms with Gasteiger partial charge in [-0.15, -0.1) is 0 Å². The van der Waals surface area contributed by atoms with Crippen molar-refractivity contribution in [2.45, 2.75) is 32.7 Å². The van der Waals surface area contributed by atoms with Gasteiger partial charge in [0.2, 0.25) is 0 Å². The second kappa shape index (κ2) is 6.61. The van der Waals surface area contributed by atoms with E-state index in [4.69, 9.17) is 0 Å². The molecule has 0 amide bonds. The minimum Gasteiger partial charge on any atom is -0.370 e. The number of aromatic nitrogens is 1. The van der Waals surface area contributed by atoms with Gasteiger partial charge in [-0.3, -0.25) is 0 Å². The Labute approximate surface area is 127 Å². The molecule has 0 spiro atoms. The fourth-order valence-corrected chi connectivity index (χ4v) is 2.95. The molecule has 1 aliphatic heterocycles. The second-order valence-electron chi connectivity index (χ2n) is 5.59. The summed E-state index contributed by atoms with van der Waals surface area (Å²) >= 11 is 0. The van der Waals surface area contributed by atoms with E-state index in [1.807, 2.05) is 12.3 Å². The van der Waals surface area contributed by atoms with Gasteiger partial charge >= 0.3 is 0 Å². The van der Waals surface area contributed by atoms with Gasteiger partial charge in [0.1, 0.15) is 5.82 Å². The molecule has 0 saturated carbocycles. The molecule has 2 aromatic rings. The Kier molecular flexibility index (Phi) is 4.39. The van der Waals surface area contributed by atoms with Crippen molar-refractivity contribution >= 4 is 11.5 Å². The van der Waals surface area contributed by atoms with Crippen LogP contribution in [-0.4, -0.2) is 18.1 Å². The summed E-state index contributed by atoms with van der Waals surface area (Å²) in [5.41, 5.74) is 4.13. The molecule has 0 fully saturated rings. The summed E-state index contributed by atoms with van der Waals surface area (Å²) in [5.74, 6) is 1.03. The summed E-state index contributed by atoms with van der Waals surface area (Å²) in [4.78, 5) is 6.98. The maximum atomic E-state index is 4.50. The van der Waals surface area contributed by atoms with E-state index in [9.17, 15) is 0 Å². The van der Waals surface area contributed by atoms with Crippen molar-refractivity contribution in [1.29, 1.82) is 0 Å². The molecule has 2 heterocycles. The highest BCUT2D eigenvalue weighted by atomic mass is 15.1. The molecule has 0 unspecified atom stereocenters. The van der Waals surface area contributed by atoms with E-state index in [1.54, 1.807) is 0 Å². The van der Waals surface area contributed by atoms with E-state index in [0.717, 1.165) is 31.9 Å². The number of anilines is 2. The number of hydrogen-bond donors (Lipinski definition) is 1. The number of nitrogens with one attached hydrogen (secondary N) is 1. The fraction of sp³-hybridized carbons (Fsp3) is 0.389. The highest BCUT2D eigenvalue weighted by Gasteiger charge is 2.17. The van der Waals surface area contributed by atoms with Crippen LogP contribution in [0.1, 0.15) is 30.9 Å². The third-order valence-electron chi connectivity index (χ3n) is 4.00. The Hall–Kier alpha value is -2.03. The Balaban J connectivity index is 1.81. The van der Waals surface area contributed by atoms with Crippen molar-refractivity contribution in [3.63, 3.8) is 0 Å². The molecule has 3 heteroatoms. The second-order valence-corrected chi connectivity index (χ2v) is 5.59. The Morgan fingerprint density at radius 1 is 1.19 bits per heavy atom. The van der Waals surface area contributed by atoms with Gasteiger partial charge in [0.25, 0.3) is 0 Å². The first-order valence-corrected chi connectivity index (χ1v) is 7.89. The fourth-order valence-electron chi connectivity index (χ4n) is 2.95. The standard InChI is InChI=1S/C18H23N3/c1-2-11-19-18-16(8-5-12-20-18)14-21-13-6-9-15-7-3-4-10-17(15)21/h3-5,7-8,10,12H,2,6,9,11,13-14H2,1H3,(H,19,20). The van der Waals surface area contributed by atoms with Crippen molar-refractivity contribution in [3.8, 4) is 0 Å². The van der Waals surface area contributed by atoms with E-state index >= 15 is 0 Å². The number of fused-ring (bicyclic) bond motifs is 1. The molecule has 0 saturated heterocycles. The number of rotatable bonds is 5. The maximum absolute atomic E-state index is 4.50. The summed E-state index contributed by atoms with van der Waals surface area (Å²) in [5, 5.41) is 3.44. The number of nitrogens with zero attached hydrogens (tertiary/aromatic N) is 2. The molecule has 0 atom stereocenters. The van der Waals surface area contributed by atoms with Crippen molar-refractivity contribution in [1.82, 2.24) is 4.98 Å². The molecule has 110 valence electrons. The molecule has 0 aliphatic carbocycles. The SMILES string of the molecule is CCCNc1ncccc1CN1CCCc2ccccc21. The maximum Gasteiger partial charge on any atom is 0.130 e. The summed E-state index contributed by atoms with van der Waals surface area (Å²) in [6.45, 7) is 5.20. The molecular weight excluding hydrogens is 258 g/mol. The molecule has 21 heavy (non-hydrogen) atoms. The number of benzene rings is 1. The first-order valence-electron chi connectivity index (χ1n) is 7.89. The molecule has 0 bridgehead atoms. The molecule has 1 aliphatic rings. The minimum atomic E-state index is 0.927. The Morgan fingerprint density at radius 3 is 3.00 bits per heavy atom. The lowest BCUT2D eigenvalue weighted by Crippen LogP contribution is -2.29. The van der Waals surface area contributed by atoms with Gasteiger partial charge in [0, 0.05) is 37.1 Å². The van der Waals surface area contributed by atoms with E-state index < -0.39 is 0 Å². The lowest BCUT2D eigenvalue weighted by atomic mass is 10.0. The largest absolute Gasteiger partial charge is 0.370 e. The quantitative estimate of drug-likeness (QED) is 0.902. The van der Waals surface area contributed by atoms with Gasteiger partial charge in [-0.2, -0.15) is 0 Å². The molecule has 1 N–H and O–H groups in total. The van der Waals surface area contributed by atoms with Gasteiger partial charge in [-0.05, 0) is 37.0 Å². The van der Waals surface area contributed by atoms with E-state index in [2.05, 4.69) is 52.5 Å². The predicted octanol–water partition coefficient (Wildman–Crippen LogP) is 3.86. The lowest BCUT2D eigenvalue weighted by Gasteiger charge is -2.31.